The van der Waals surface area contributed by atoms with Crippen LogP contribution in [-0.2, 0) is 4.79 Å². The van der Waals surface area contributed by atoms with Crippen LogP contribution in [0.2, 0.25) is 5.02 Å². The van der Waals surface area contributed by atoms with E-state index < -0.39 is 0 Å². The topological polar surface area (TPSA) is 29.1 Å². The number of carbonyl (C=O) groups excluding carboxylic acids is 1. The van der Waals surface area contributed by atoms with Gasteiger partial charge in [0.25, 0.3) is 0 Å². The molecular formula is C10H12ClNOS. The Kier molecular flexibility index (Phi) is 4.29. The number of amides is 1. The maximum Gasteiger partial charge on any atom is 0.232 e. The third-order valence-electron chi connectivity index (χ3n) is 1.61. The van der Waals surface area contributed by atoms with E-state index in [9.17, 15) is 4.79 Å². The van der Waals surface area contributed by atoms with Crippen molar-refractivity contribution in [1.29, 1.82) is 0 Å². The summed E-state index contributed by atoms with van der Waals surface area (Å²) in [5, 5.41) is 0.699. The van der Waals surface area contributed by atoms with Crippen molar-refractivity contribution < 1.29 is 4.79 Å². The highest BCUT2D eigenvalue weighted by Gasteiger charge is 2.06. The van der Waals surface area contributed by atoms with Gasteiger partial charge in [0.05, 0.1) is 0 Å². The molecule has 0 aliphatic heterocycles. The first-order valence-corrected chi connectivity index (χ1v) is 5.51. The molecule has 0 aromatic heterocycles. The van der Waals surface area contributed by atoms with Gasteiger partial charge in [-0.25, -0.2) is 0 Å². The number of benzene rings is 1. The fraction of sp³-hybridized carbons (Fsp3) is 0.300. The zero-order chi connectivity index (χ0) is 10.6. The Morgan fingerprint density at radius 1 is 1.36 bits per heavy atom. The van der Waals surface area contributed by atoms with Crippen LogP contribution in [0.25, 0.3) is 0 Å². The van der Waals surface area contributed by atoms with Crippen molar-refractivity contribution in [3.8, 4) is 0 Å². The molecule has 0 aliphatic carbocycles. The van der Waals surface area contributed by atoms with Gasteiger partial charge in [-0.15, -0.1) is 0 Å². The summed E-state index contributed by atoms with van der Waals surface area (Å²) in [4.78, 5) is 12.2. The summed E-state index contributed by atoms with van der Waals surface area (Å²) >= 11 is 7.04. The largest absolute Gasteiger partial charge is 0.296 e. The van der Waals surface area contributed by atoms with Gasteiger partial charge >= 0.3 is 0 Å². The maximum absolute atomic E-state index is 11.2. The van der Waals surface area contributed by atoms with Gasteiger partial charge in [-0.3, -0.25) is 9.52 Å². The van der Waals surface area contributed by atoms with Crippen LogP contribution in [0.3, 0.4) is 0 Å². The molecule has 0 saturated carbocycles. The molecule has 1 amide bonds. The van der Waals surface area contributed by atoms with Crippen LogP contribution in [0.5, 0.6) is 0 Å². The highest BCUT2D eigenvalue weighted by molar-refractivity contribution is 7.98. The predicted molar refractivity (Wildman–Crippen MR) is 60.3 cm³/mol. The van der Waals surface area contributed by atoms with Gasteiger partial charge in [-0.05, 0) is 36.2 Å². The Hall–Kier alpha value is -0.670. The molecular weight excluding hydrogens is 218 g/mol. The second kappa shape index (κ2) is 5.27. The van der Waals surface area contributed by atoms with Crippen molar-refractivity contribution in [3.05, 3.63) is 29.3 Å². The molecule has 1 rings (SSSR count). The molecule has 0 fully saturated rings. The zero-order valence-electron chi connectivity index (χ0n) is 8.08. The molecule has 0 unspecified atom stereocenters. The third kappa shape index (κ3) is 3.60. The van der Waals surface area contributed by atoms with Crippen molar-refractivity contribution in [1.82, 2.24) is 4.72 Å². The number of halogens is 1. The van der Waals surface area contributed by atoms with E-state index in [1.165, 1.54) is 11.9 Å². The molecule has 1 aromatic carbocycles. The summed E-state index contributed by atoms with van der Waals surface area (Å²) in [5.74, 6) is 0.0414. The fourth-order valence-corrected chi connectivity index (χ4v) is 1.58. The molecule has 0 spiro atoms. The lowest BCUT2D eigenvalue weighted by atomic mass is 10.2. The van der Waals surface area contributed by atoms with Crippen molar-refractivity contribution in [2.24, 2.45) is 5.92 Å². The monoisotopic (exact) mass is 229 g/mol. The predicted octanol–water partition coefficient (Wildman–Crippen LogP) is 3.12. The molecule has 2 nitrogen and oxygen atoms in total. The van der Waals surface area contributed by atoms with Crippen molar-refractivity contribution in [2.45, 2.75) is 18.7 Å². The highest BCUT2D eigenvalue weighted by atomic mass is 35.5. The van der Waals surface area contributed by atoms with E-state index in [2.05, 4.69) is 4.72 Å². The lowest BCUT2D eigenvalue weighted by Gasteiger charge is -2.06. The molecule has 0 bridgehead atoms. The van der Waals surface area contributed by atoms with E-state index in [1.54, 1.807) is 12.1 Å². The summed E-state index contributed by atoms with van der Waals surface area (Å²) in [5.41, 5.74) is 0. The van der Waals surface area contributed by atoms with Gasteiger partial charge in [0.1, 0.15) is 0 Å². The molecule has 0 heterocycles. The van der Waals surface area contributed by atoms with Crippen molar-refractivity contribution >= 4 is 29.5 Å². The van der Waals surface area contributed by atoms with Gasteiger partial charge in [0.2, 0.25) is 5.91 Å². The Morgan fingerprint density at radius 2 is 1.93 bits per heavy atom. The van der Waals surface area contributed by atoms with Crippen LogP contribution >= 0.6 is 23.5 Å². The average molecular weight is 230 g/mol. The molecule has 76 valence electrons. The van der Waals surface area contributed by atoms with E-state index in [-0.39, 0.29) is 11.8 Å². The van der Waals surface area contributed by atoms with Crippen LogP contribution in [0.15, 0.2) is 29.2 Å². The summed E-state index contributed by atoms with van der Waals surface area (Å²) in [6.07, 6.45) is 0. The first-order chi connectivity index (χ1) is 6.59. The Labute approximate surface area is 93.2 Å². The average Bonchev–Trinajstić information content (AvgIpc) is 2.16. The fourth-order valence-electron chi connectivity index (χ4n) is 0.730. The van der Waals surface area contributed by atoms with E-state index in [0.29, 0.717) is 5.02 Å². The minimum Gasteiger partial charge on any atom is -0.296 e. The highest BCUT2D eigenvalue weighted by Crippen LogP contribution is 2.17. The van der Waals surface area contributed by atoms with Crippen LogP contribution in [0.1, 0.15) is 13.8 Å². The Balaban J connectivity index is 2.46. The zero-order valence-corrected chi connectivity index (χ0v) is 9.65. The quantitative estimate of drug-likeness (QED) is 0.807. The van der Waals surface area contributed by atoms with E-state index in [0.717, 1.165) is 4.90 Å². The molecule has 1 aromatic rings. The summed E-state index contributed by atoms with van der Waals surface area (Å²) in [7, 11) is 0. The van der Waals surface area contributed by atoms with E-state index in [1.807, 2.05) is 26.0 Å². The van der Waals surface area contributed by atoms with Gasteiger partial charge in [-0.2, -0.15) is 0 Å². The number of carbonyl (C=O) groups is 1. The molecule has 0 aliphatic rings. The first-order valence-electron chi connectivity index (χ1n) is 4.32. The Bertz CT molecular complexity index is 310. The third-order valence-corrected chi connectivity index (χ3v) is 2.67. The molecule has 0 radical (unpaired) electrons. The molecule has 4 heteroatoms. The minimum absolute atomic E-state index is 0.00907. The first kappa shape index (κ1) is 11.4. The van der Waals surface area contributed by atoms with Crippen molar-refractivity contribution in [3.63, 3.8) is 0 Å². The smallest absolute Gasteiger partial charge is 0.232 e. The summed E-state index contributed by atoms with van der Waals surface area (Å²) in [6, 6.07) is 7.33. The number of hydrogen-bond acceptors (Lipinski definition) is 2. The normalized spacial score (nSPS) is 10.3. The second-order valence-electron chi connectivity index (χ2n) is 3.18. The summed E-state index contributed by atoms with van der Waals surface area (Å²) in [6.45, 7) is 3.72. The van der Waals surface area contributed by atoms with Gasteiger partial charge < -0.3 is 0 Å². The van der Waals surface area contributed by atoms with Gasteiger partial charge in [-0.1, -0.05) is 25.4 Å². The lowest BCUT2D eigenvalue weighted by Crippen LogP contribution is -2.21. The maximum atomic E-state index is 11.2. The summed E-state index contributed by atoms with van der Waals surface area (Å²) < 4.78 is 2.75. The van der Waals surface area contributed by atoms with Crippen LogP contribution in [-0.4, -0.2) is 5.91 Å². The van der Waals surface area contributed by atoms with E-state index >= 15 is 0 Å². The lowest BCUT2D eigenvalue weighted by molar-refractivity contribution is -0.122. The molecule has 1 N–H and O–H groups in total. The van der Waals surface area contributed by atoms with Crippen molar-refractivity contribution in [2.75, 3.05) is 0 Å². The molecule has 14 heavy (non-hydrogen) atoms. The van der Waals surface area contributed by atoms with Gasteiger partial charge in [0.15, 0.2) is 0 Å². The molecule has 0 saturated heterocycles. The van der Waals surface area contributed by atoms with Gasteiger partial charge in [0, 0.05) is 15.8 Å². The number of rotatable bonds is 3. The molecule has 0 atom stereocenters. The van der Waals surface area contributed by atoms with Crippen LogP contribution < -0.4 is 4.72 Å². The van der Waals surface area contributed by atoms with Crippen LogP contribution in [0, 0.1) is 5.92 Å². The van der Waals surface area contributed by atoms with Crippen LogP contribution in [0.4, 0.5) is 0 Å². The minimum atomic E-state index is 0.00907. The standard InChI is InChI=1S/C10H12ClNOS/c1-7(2)10(13)12-14-9-5-3-8(11)4-6-9/h3-7H,1-2H3,(H,12,13). The Morgan fingerprint density at radius 3 is 2.43 bits per heavy atom. The van der Waals surface area contributed by atoms with E-state index in [4.69, 9.17) is 11.6 Å². The number of hydrogen-bond donors (Lipinski definition) is 1. The SMILES string of the molecule is CC(C)C(=O)NSc1ccc(Cl)cc1. The number of nitrogens with one attached hydrogen (secondary N) is 1. The second-order valence-corrected chi connectivity index (χ2v) is 4.49.